The van der Waals surface area contributed by atoms with Crippen LogP contribution in [0.3, 0.4) is 0 Å². The van der Waals surface area contributed by atoms with Gasteiger partial charge in [0.05, 0.1) is 0 Å². The largest absolute Gasteiger partial charge is 0.330 e. The second-order valence-electron chi connectivity index (χ2n) is 3.71. The highest BCUT2D eigenvalue weighted by Gasteiger charge is 2.05. The fraction of sp³-hybridized carbons (Fsp3) is 0.545. The van der Waals surface area contributed by atoms with E-state index in [-0.39, 0.29) is 11.6 Å². The molecule has 78 valence electrons. The smallest absolute Gasteiger partial charge is 0.250 e. The first-order chi connectivity index (χ1) is 6.66. The Hall–Kier alpha value is -1.09. The van der Waals surface area contributed by atoms with E-state index < -0.39 is 0 Å². The highest BCUT2D eigenvalue weighted by Crippen LogP contribution is 2.07. The van der Waals surface area contributed by atoms with Gasteiger partial charge in [-0.05, 0) is 39.3 Å². The number of nitrogens with two attached hydrogens (primary N) is 1. The van der Waals surface area contributed by atoms with Crippen LogP contribution in [-0.2, 0) is 6.42 Å². The van der Waals surface area contributed by atoms with Crippen LogP contribution in [0.1, 0.15) is 32.0 Å². The molecule has 1 heterocycles. The lowest BCUT2D eigenvalue weighted by atomic mass is 10.2. The first-order valence-corrected chi connectivity index (χ1v) is 5.07. The quantitative estimate of drug-likeness (QED) is 0.785. The minimum absolute atomic E-state index is 0.0783. The Labute approximate surface area is 84.6 Å². The van der Waals surface area contributed by atoms with E-state index in [9.17, 15) is 4.79 Å². The van der Waals surface area contributed by atoms with Gasteiger partial charge in [0.2, 0.25) is 0 Å². The van der Waals surface area contributed by atoms with Crippen LogP contribution in [0.2, 0.25) is 0 Å². The van der Waals surface area contributed by atoms with Gasteiger partial charge in [-0.3, -0.25) is 4.79 Å². The molecule has 0 fully saturated rings. The Kier molecular flexibility index (Phi) is 3.89. The molecule has 0 aromatic carbocycles. The average molecular weight is 194 g/mol. The van der Waals surface area contributed by atoms with Crippen molar-refractivity contribution in [2.24, 2.45) is 5.73 Å². The van der Waals surface area contributed by atoms with Crippen molar-refractivity contribution in [3.05, 3.63) is 34.2 Å². The van der Waals surface area contributed by atoms with E-state index >= 15 is 0 Å². The first kappa shape index (κ1) is 11.0. The summed E-state index contributed by atoms with van der Waals surface area (Å²) in [6, 6.07) is 5.63. The Bertz CT molecular complexity index is 341. The SMILES string of the molecule is CC(C)n1c(CCCN)cccc1=O. The Morgan fingerprint density at radius 2 is 2.14 bits per heavy atom. The molecule has 0 radical (unpaired) electrons. The van der Waals surface area contributed by atoms with Crippen molar-refractivity contribution >= 4 is 0 Å². The summed E-state index contributed by atoms with van der Waals surface area (Å²) in [5.41, 5.74) is 6.61. The fourth-order valence-corrected chi connectivity index (χ4v) is 1.62. The molecule has 1 aromatic rings. The van der Waals surface area contributed by atoms with Crippen LogP contribution in [-0.4, -0.2) is 11.1 Å². The molecule has 0 amide bonds. The Morgan fingerprint density at radius 1 is 1.43 bits per heavy atom. The van der Waals surface area contributed by atoms with Crippen molar-refractivity contribution in [1.29, 1.82) is 0 Å². The average Bonchev–Trinajstić information content (AvgIpc) is 2.14. The predicted molar refractivity (Wildman–Crippen MR) is 58.5 cm³/mol. The molecular weight excluding hydrogens is 176 g/mol. The lowest BCUT2D eigenvalue weighted by Crippen LogP contribution is -2.24. The molecule has 0 unspecified atom stereocenters. The van der Waals surface area contributed by atoms with E-state index in [0.29, 0.717) is 6.54 Å². The third kappa shape index (κ3) is 2.45. The second-order valence-corrected chi connectivity index (χ2v) is 3.71. The zero-order valence-electron chi connectivity index (χ0n) is 8.86. The van der Waals surface area contributed by atoms with Gasteiger partial charge in [0.15, 0.2) is 0 Å². The summed E-state index contributed by atoms with van der Waals surface area (Å²) in [6.07, 6.45) is 1.81. The molecule has 0 aliphatic carbocycles. The van der Waals surface area contributed by atoms with Gasteiger partial charge in [-0.2, -0.15) is 0 Å². The van der Waals surface area contributed by atoms with Crippen molar-refractivity contribution in [3.63, 3.8) is 0 Å². The fourth-order valence-electron chi connectivity index (χ4n) is 1.62. The molecule has 0 aliphatic rings. The van der Waals surface area contributed by atoms with Crippen molar-refractivity contribution in [2.75, 3.05) is 6.54 Å². The van der Waals surface area contributed by atoms with Gasteiger partial charge < -0.3 is 10.3 Å². The van der Waals surface area contributed by atoms with Crippen LogP contribution in [0, 0.1) is 0 Å². The molecule has 0 bridgehead atoms. The van der Waals surface area contributed by atoms with Crippen molar-refractivity contribution in [2.45, 2.75) is 32.7 Å². The third-order valence-electron chi connectivity index (χ3n) is 2.23. The molecule has 0 atom stereocenters. The zero-order chi connectivity index (χ0) is 10.6. The summed E-state index contributed by atoms with van der Waals surface area (Å²) < 4.78 is 1.83. The third-order valence-corrected chi connectivity index (χ3v) is 2.23. The van der Waals surface area contributed by atoms with Gasteiger partial charge in [0, 0.05) is 17.8 Å². The van der Waals surface area contributed by atoms with Crippen LogP contribution >= 0.6 is 0 Å². The molecule has 0 saturated carbocycles. The molecule has 0 saturated heterocycles. The number of rotatable bonds is 4. The number of hydrogen-bond acceptors (Lipinski definition) is 2. The molecule has 0 spiro atoms. The van der Waals surface area contributed by atoms with Gasteiger partial charge in [-0.1, -0.05) is 6.07 Å². The molecule has 2 N–H and O–H groups in total. The first-order valence-electron chi connectivity index (χ1n) is 5.07. The topological polar surface area (TPSA) is 48.0 Å². The van der Waals surface area contributed by atoms with Crippen LogP contribution in [0.5, 0.6) is 0 Å². The highest BCUT2D eigenvalue weighted by atomic mass is 16.1. The van der Waals surface area contributed by atoms with Crippen LogP contribution in [0.25, 0.3) is 0 Å². The maximum atomic E-state index is 11.6. The van der Waals surface area contributed by atoms with E-state index in [1.807, 2.05) is 30.5 Å². The second kappa shape index (κ2) is 4.96. The van der Waals surface area contributed by atoms with Crippen molar-refractivity contribution < 1.29 is 0 Å². The van der Waals surface area contributed by atoms with E-state index in [1.165, 1.54) is 0 Å². The summed E-state index contributed by atoms with van der Waals surface area (Å²) in [5.74, 6) is 0. The van der Waals surface area contributed by atoms with Gasteiger partial charge in [-0.15, -0.1) is 0 Å². The lowest BCUT2D eigenvalue weighted by Gasteiger charge is -2.15. The van der Waals surface area contributed by atoms with Gasteiger partial charge >= 0.3 is 0 Å². The molecule has 3 heteroatoms. The number of nitrogens with zero attached hydrogens (tertiary/aromatic N) is 1. The minimum atomic E-state index is 0.0783. The summed E-state index contributed by atoms with van der Waals surface area (Å²) in [7, 11) is 0. The molecule has 3 nitrogen and oxygen atoms in total. The van der Waals surface area contributed by atoms with E-state index in [0.717, 1.165) is 18.5 Å². The van der Waals surface area contributed by atoms with Gasteiger partial charge in [0.25, 0.3) is 5.56 Å². The van der Waals surface area contributed by atoms with E-state index in [4.69, 9.17) is 5.73 Å². The van der Waals surface area contributed by atoms with Crippen molar-refractivity contribution in [3.8, 4) is 0 Å². The predicted octanol–water partition coefficient (Wildman–Crippen LogP) is 1.32. The minimum Gasteiger partial charge on any atom is -0.330 e. The molecule has 1 aromatic heterocycles. The molecule has 14 heavy (non-hydrogen) atoms. The molecule has 1 rings (SSSR count). The summed E-state index contributed by atoms with van der Waals surface area (Å²) in [6.45, 7) is 4.71. The van der Waals surface area contributed by atoms with Gasteiger partial charge in [-0.25, -0.2) is 0 Å². The van der Waals surface area contributed by atoms with Gasteiger partial charge in [0.1, 0.15) is 0 Å². The number of hydrogen-bond donors (Lipinski definition) is 1. The van der Waals surface area contributed by atoms with E-state index in [2.05, 4.69) is 0 Å². The van der Waals surface area contributed by atoms with Crippen LogP contribution in [0.15, 0.2) is 23.0 Å². The standard InChI is InChI=1S/C11H18N2O/c1-9(2)13-10(6-4-8-12)5-3-7-11(13)14/h3,5,7,9H,4,6,8,12H2,1-2H3. The monoisotopic (exact) mass is 194 g/mol. The number of pyridine rings is 1. The molecular formula is C11H18N2O. The van der Waals surface area contributed by atoms with E-state index in [1.54, 1.807) is 6.07 Å². The summed E-state index contributed by atoms with van der Waals surface area (Å²) in [4.78, 5) is 11.6. The lowest BCUT2D eigenvalue weighted by molar-refractivity contribution is 0.545. The number of aryl methyl sites for hydroxylation is 1. The normalized spacial score (nSPS) is 10.9. The molecule has 0 aliphatic heterocycles. The van der Waals surface area contributed by atoms with Crippen molar-refractivity contribution in [1.82, 2.24) is 4.57 Å². The summed E-state index contributed by atoms with van der Waals surface area (Å²) >= 11 is 0. The maximum Gasteiger partial charge on any atom is 0.250 e. The van der Waals surface area contributed by atoms with Crippen LogP contribution in [0.4, 0.5) is 0 Å². The maximum absolute atomic E-state index is 11.6. The summed E-state index contributed by atoms with van der Waals surface area (Å²) in [5, 5.41) is 0. The number of aromatic nitrogens is 1. The van der Waals surface area contributed by atoms with Crippen LogP contribution < -0.4 is 11.3 Å². The highest BCUT2D eigenvalue weighted by molar-refractivity contribution is 5.08. The Balaban J connectivity index is 3.02. The Morgan fingerprint density at radius 3 is 2.71 bits per heavy atom. The zero-order valence-corrected chi connectivity index (χ0v) is 8.86.